The van der Waals surface area contributed by atoms with Crippen LogP contribution in [0.4, 0.5) is 14.9 Å². The van der Waals surface area contributed by atoms with Crippen LogP contribution in [0.25, 0.3) is 0 Å². The molecule has 0 bridgehead atoms. The number of nitrogens with zero attached hydrogens (tertiary/aromatic N) is 2. The Morgan fingerprint density at radius 1 is 1.50 bits per heavy atom. The molecule has 0 aliphatic carbocycles. The fourth-order valence-electron chi connectivity index (χ4n) is 2.17. The summed E-state index contributed by atoms with van der Waals surface area (Å²) >= 11 is 0. The molecule has 1 heterocycles. The Morgan fingerprint density at radius 3 is 2.90 bits per heavy atom. The number of carboxylic acid groups (broad SMARTS) is 1. The average molecular weight is 277 g/mol. The van der Waals surface area contributed by atoms with Gasteiger partial charge in [-0.1, -0.05) is 0 Å². The van der Waals surface area contributed by atoms with Crippen molar-refractivity contribution in [2.24, 2.45) is 0 Å². The number of rotatable bonds is 2. The highest BCUT2D eigenvalue weighted by Crippen LogP contribution is 2.21. The molecular weight excluding hydrogens is 265 g/mol. The number of likely N-dealkylation sites (tertiary alicyclic amines) is 1. The molecule has 2 rings (SSSR count). The number of nitrogens with one attached hydrogen (secondary N) is 1. The summed E-state index contributed by atoms with van der Waals surface area (Å²) < 4.78 is 13.0. The fraction of sp³-hybridized carbons (Fsp3) is 0.308. The van der Waals surface area contributed by atoms with E-state index < -0.39 is 23.9 Å². The van der Waals surface area contributed by atoms with Crippen LogP contribution in [0.15, 0.2) is 18.2 Å². The molecule has 2 amide bonds. The van der Waals surface area contributed by atoms with Crippen LogP contribution >= 0.6 is 0 Å². The minimum atomic E-state index is -1.06. The molecule has 1 aliphatic rings. The number of hydrogen-bond acceptors (Lipinski definition) is 3. The zero-order valence-corrected chi connectivity index (χ0v) is 10.5. The molecule has 6 nitrogen and oxygen atoms in total. The van der Waals surface area contributed by atoms with Gasteiger partial charge in [0, 0.05) is 6.54 Å². The van der Waals surface area contributed by atoms with Crippen molar-refractivity contribution in [1.29, 1.82) is 5.26 Å². The molecule has 0 spiro atoms. The number of anilines is 1. The zero-order chi connectivity index (χ0) is 14.7. The predicted molar refractivity (Wildman–Crippen MR) is 67.5 cm³/mol. The molecule has 1 saturated heterocycles. The molecular formula is C13H12FN3O3. The van der Waals surface area contributed by atoms with E-state index in [9.17, 15) is 14.0 Å². The van der Waals surface area contributed by atoms with Crippen LogP contribution in [0, 0.1) is 17.1 Å². The Balaban J connectivity index is 2.16. The van der Waals surface area contributed by atoms with Gasteiger partial charge in [-0.25, -0.2) is 14.0 Å². The standard InChI is InChI=1S/C13H12FN3O3/c14-9-3-4-10(8(6-9)7-15)16-13(20)17-5-1-2-11(17)12(18)19/h3-4,6,11H,1-2,5H2,(H,16,20)(H,18,19). The highest BCUT2D eigenvalue weighted by molar-refractivity contribution is 5.93. The Morgan fingerprint density at radius 2 is 2.25 bits per heavy atom. The van der Waals surface area contributed by atoms with E-state index in [1.165, 1.54) is 11.0 Å². The first-order valence-electron chi connectivity index (χ1n) is 6.03. The molecule has 1 atom stereocenters. The number of carbonyl (C=O) groups is 2. The van der Waals surface area contributed by atoms with E-state index in [4.69, 9.17) is 10.4 Å². The summed E-state index contributed by atoms with van der Waals surface area (Å²) in [6.07, 6.45) is 1.01. The molecule has 1 aromatic carbocycles. The largest absolute Gasteiger partial charge is 0.480 e. The first kappa shape index (κ1) is 13.8. The molecule has 7 heteroatoms. The number of carboxylic acids is 1. The van der Waals surface area contributed by atoms with E-state index in [1.54, 1.807) is 6.07 Å². The highest BCUT2D eigenvalue weighted by atomic mass is 19.1. The van der Waals surface area contributed by atoms with Crippen molar-refractivity contribution in [1.82, 2.24) is 4.90 Å². The smallest absolute Gasteiger partial charge is 0.326 e. The predicted octanol–water partition coefficient (Wildman–Crippen LogP) is 1.78. The number of hydrogen-bond donors (Lipinski definition) is 2. The lowest BCUT2D eigenvalue weighted by Crippen LogP contribution is -2.42. The molecule has 2 N–H and O–H groups in total. The van der Waals surface area contributed by atoms with Crippen LogP contribution in [0.3, 0.4) is 0 Å². The third-order valence-electron chi connectivity index (χ3n) is 3.14. The van der Waals surface area contributed by atoms with Gasteiger partial charge < -0.3 is 15.3 Å². The van der Waals surface area contributed by atoms with E-state index in [2.05, 4.69) is 5.32 Å². The maximum absolute atomic E-state index is 13.0. The molecule has 0 aromatic heterocycles. The molecule has 0 radical (unpaired) electrons. The van der Waals surface area contributed by atoms with Crippen molar-refractivity contribution in [3.05, 3.63) is 29.6 Å². The number of benzene rings is 1. The number of carbonyl (C=O) groups excluding carboxylic acids is 1. The summed E-state index contributed by atoms with van der Waals surface area (Å²) in [6, 6.07) is 3.72. The van der Waals surface area contributed by atoms with Crippen LogP contribution in [0.5, 0.6) is 0 Å². The summed E-state index contributed by atoms with van der Waals surface area (Å²) in [5, 5.41) is 20.3. The molecule has 104 valence electrons. The van der Waals surface area contributed by atoms with Gasteiger partial charge in [-0.3, -0.25) is 0 Å². The van der Waals surface area contributed by atoms with Gasteiger partial charge in [-0.05, 0) is 31.0 Å². The number of amides is 2. The Labute approximate surface area is 114 Å². The topological polar surface area (TPSA) is 93.4 Å². The molecule has 1 unspecified atom stereocenters. The SMILES string of the molecule is N#Cc1cc(F)ccc1NC(=O)N1CCCC1C(=O)O. The van der Waals surface area contributed by atoms with Crippen LogP contribution < -0.4 is 5.32 Å². The van der Waals surface area contributed by atoms with Crippen LogP contribution in [-0.2, 0) is 4.79 Å². The summed E-state index contributed by atoms with van der Waals surface area (Å²) in [5.74, 6) is -1.64. The maximum Gasteiger partial charge on any atom is 0.326 e. The second kappa shape index (κ2) is 5.57. The summed E-state index contributed by atoms with van der Waals surface area (Å²) in [4.78, 5) is 24.2. The quantitative estimate of drug-likeness (QED) is 0.861. The van der Waals surface area contributed by atoms with E-state index in [0.29, 0.717) is 19.4 Å². The molecule has 20 heavy (non-hydrogen) atoms. The minimum absolute atomic E-state index is 0.00979. The van der Waals surface area contributed by atoms with E-state index in [-0.39, 0.29) is 11.3 Å². The van der Waals surface area contributed by atoms with Crippen molar-refractivity contribution in [3.63, 3.8) is 0 Å². The lowest BCUT2D eigenvalue weighted by Gasteiger charge is -2.22. The normalized spacial score (nSPS) is 17.6. The Bertz CT molecular complexity index is 597. The van der Waals surface area contributed by atoms with Gasteiger partial charge in [-0.2, -0.15) is 5.26 Å². The van der Waals surface area contributed by atoms with Gasteiger partial charge in [-0.15, -0.1) is 0 Å². The molecule has 1 fully saturated rings. The van der Waals surface area contributed by atoms with Gasteiger partial charge >= 0.3 is 12.0 Å². The van der Waals surface area contributed by atoms with Crippen LogP contribution in [-0.4, -0.2) is 34.6 Å². The maximum atomic E-state index is 13.0. The van der Waals surface area contributed by atoms with Crippen molar-refractivity contribution >= 4 is 17.7 Å². The molecule has 1 aromatic rings. The first-order valence-corrected chi connectivity index (χ1v) is 6.03. The molecule has 0 saturated carbocycles. The summed E-state index contributed by atoms with van der Waals surface area (Å²) in [7, 11) is 0. The second-order valence-corrected chi connectivity index (χ2v) is 4.42. The summed E-state index contributed by atoms with van der Waals surface area (Å²) in [6.45, 7) is 0.339. The Kier molecular flexibility index (Phi) is 3.84. The third-order valence-corrected chi connectivity index (χ3v) is 3.14. The van der Waals surface area contributed by atoms with Crippen molar-refractivity contribution in [2.45, 2.75) is 18.9 Å². The number of nitriles is 1. The average Bonchev–Trinajstić information content (AvgIpc) is 2.90. The van der Waals surface area contributed by atoms with Gasteiger partial charge in [0.2, 0.25) is 0 Å². The van der Waals surface area contributed by atoms with Gasteiger partial charge in [0.25, 0.3) is 0 Å². The van der Waals surface area contributed by atoms with Crippen molar-refractivity contribution in [2.75, 3.05) is 11.9 Å². The number of halogens is 1. The van der Waals surface area contributed by atoms with E-state index >= 15 is 0 Å². The van der Waals surface area contributed by atoms with E-state index in [1.807, 2.05) is 0 Å². The number of urea groups is 1. The molecule has 1 aliphatic heterocycles. The van der Waals surface area contributed by atoms with Crippen molar-refractivity contribution in [3.8, 4) is 6.07 Å². The van der Waals surface area contributed by atoms with Crippen LogP contribution in [0.2, 0.25) is 0 Å². The van der Waals surface area contributed by atoms with Crippen LogP contribution in [0.1, 0.15) is 18.4 Å². The van der Waals surface area contributed by atoms with Crippen molar-refractivity contribution < 1.29 is 19.1 Å². The second-order valence-electron chi connectivity index (χ2n) is 4.42. The monoisotopic (exact) mass is 277 g/mol. The first-order chi connectivity index (χ1) is 9.52. The van der Waals surface area contributed by atoms with Gasteiger partial charge in [0.05, 0.1) is 11.3 Å². The zero-order valence-electron chi connectivity index (χ0n) is 10.5. The van der Waals surface area contributed by atoms with Gasteiger partial charge in [0.1, 0.15) is 17.9 Å². The fourth-order valence-corrected chi connectivity index (χ4v) is 2.17. The lowest BCUT2D eigenvalue weighted by molar-refractivity contribution is -0.141. The number of aliphatic carboxylic acids is 1. The lowest BCUT2D eigenvalue weighted by atomic mass is 10.2. The minimum Gasteiger partial charge on any atom is -0.480 e. The Hall–Kier alpha value is -2.62. The summed E-state index contributed by atoms with van der Waals surface area (Å²) in [5.41, 5.74) is 0.152. The van der Waals surface area contributed by atoms with E-state index in [0.717, 1.165) is 12.1 Å². The third kappa shape index (κ3) is 2.69. The highest BCUT2D eigenvalue weighted by Gasteiger charge is 2.34. The van der Waals surface area contributed by atoms with Gasteiger partial charge in [0.15, 0.2) is 0 Å².